The molecule has 5 heteroatoms. The van der Waals surface area contributed by atoms with E-state index in [-0.39, 0.29) is 0 Å². The van der Waals surface area contributed by atoms with Crippen molar-refractivity contribution < 1.29 is 4.74 Å². The Hall–Kier alpha value is -0.650. The Morgan fingerprint density at radius 1 is 1.47 bits per heavy atom. The van der Waals surface area contributed by atoms with Crippen LogP contribution in [0.15, 0.2) is 16.7 Å². The minimum Gasteiger partial charge on any atom is -0.385 e. The number of nitrogens with one attached hydrogen (secondary N) is 1. The molecule has 0 aliphatic rings. The average Bonchev–Trinajstić information content (AvgIpc) is 2.39. The van der Waals surface area contributed by atoms with Crippen molar-refractivity contribution in [3.63, 3.8) is 0 Å². The molecule has 0 spiro atoms. The van der Waals surface area contributed by atoms with Crippen molar-refractivity contribution in [1.82, 2.24) is 10.3 Å². The number of ether oxygens (including phenoxy) is 1. The second kappa shape index (κ2) is 9.28. The van der Waals surface area contributed by atoms with E-state index in [1.54, 1.807) is 7.11 Å². The summed E-state index contributed by atoms with van der Waals surface area (Å²) in [7, 11) is 3.81. The fourth-order valence-electron chi connectivity index (χ4n) is 1.90. The maximum Gasteiger partial charge on any atom is 0.132 e. The van der Waals surface area contributed by atoms with Gasteiger partial charge in [-0.3, -0.25) is 0 Å². The van der Waals surface area contributed by atoms with Gasteiger partial charge in [0.05, 0.1) is 0 Å². The Labute approximate surface area is 124 Å². The van der Waals surface area contributed by atoms with E-state index in [1.807, 2.05) is 6.20 Å². The van der Waals surface area contributed by atoms with Crippen molar-refractivity contribution >= 4 is 21.7 Å². The first-order valence-electron chi connectivity index (χ1n) is 6.74. The van der Waals surface area contributed by atoms with E-state index in [2.05, 4.69) is 51.2 Å². The quantitative estimate of drug-likeness (QED) is 0.707. The number of aromatic nitrogens is 1. The van der Waals surface area contributed by atoms with Gasteiger partial charge >= 0.3 is 0 Å². The van der Waals surface area contributed by atoms with Crippen LogP contribution in [0.4, 0.5) is 5.82 Å². The lowest BCUT2D eigenvalue weighted by molar-refractivity contribution is 0.196. The van der Waals surface area contributed by atoms with Crippen molar-refractivity contribution in [2.75, 3.05) is 38.8 Å². The molecule has 0 aliphatic carbocycles. The molecule has 0 saturated heterocycles. The minimum atomic E-state index is 0.782. The van der Waals surface area contributed by atoms with Crippen molar-refractivity contribution in [1.29, 1.82) is 0 Å². The lowest BCUT2D eigenvalue weighted by Gasteiger charge is -2.21. The molecule has 0 aromatic carbocycles. The molecule has 1 aromatic rings. The highest BCUT2D eigenvalue weighted by Gasteiger charge is 2.09. The van der Waals surface area contributed by atoms with Crippen LogP contribution in [0.1, 0.15) is 25.3 Å². The highest BCUT2D eigenvalue weighted by molar-refractivity contribution is 9.10. The zero-order valence-electron chi connectivity index (χ0n) is 12.1. The molecule has 0 radical (unpaired) electrons. The molecule has 4 nitrogen and oxygen atoms in total. The van der Waals surface area contributed by atoms with Crippen LogP contribution in [0, 0.1) is 0 Å². The molecule has 19 heavy (non-hydrogen) atoms. The number of pyridine rings is 1. The Kier molecular flexibility index (Phi) is 8.02. The van der Waals surface area contributed by atoms with Crippen LogP contribution < -0.4 is 10.2 Å². The topological polar surface area (TPSA) is 37.4 Å². The maximum atomic E-state index is 5.09. The number of anilines is 1. The first-order valence-corrected chi connectivity index (χ1v) is 7.53. The Balaban J connectivity index is 2.68. The third kappa shape index (κ3) is 5.89. The van der Waals surface area contributed by atoms with Crippen LogP contribution in [-0.4, -0.2) is 38.8 Å². The van der Waals surface area contributed by atoms with E-state index in [0.717, 1.165) is 49.4 Å². The summed E-state index contributed by atoms with van der Waals surface area (Å²) < 4.78 is 6.11. The van der Waals surface area contributed by atoms with Crippen molar-refractivity contribution in [2.24, 2.45) is 0 Å². The first-order chi connectivity index (χ1) is 9.19. The van der Waals surface area contributed by atoms with E-state index in [9.17, 15) is 0 Å². The molecule has 108 valence electrons. The summed E-state index contributed by atoms with van der Waals surface area (Å²) in [5, 5.41) is 3.43. The number of hydrogen-bond acceptors (Lipinski definition) is 4. The first kappa shape index (κ1) is 16.4. The Bertz CT molecular complexity index is 374. The van der Waals surface area contributed by atoms with Gasteiger partial charge in [0.1, 0.15) is 5.82 Å². The normalized spacial score (nSPS) is 10.7. The smallest absolute Gasteiger partial charge is 0.132 e. The third-order valence-corrected chi connectivity index (χ3v) is 3.29. The number of methoxy groups -OCH3 is 1. The van der Waals surface area contributed by atoms with Crippen LogP contribution >= 0.6 is 15.9 Å². The molecule has 0 amide bonds. The van der Waals surface area contributed by atoms with Crippen LogP contribution in [0.3, 0.4) is 0 Å². The molecule has 0 aliphatic heterocycles. The minimum absolute atomic E-state index is 0.782. The summed E-state index contributed by atoms with van der Waals surface area (Å²) in [6.07, 6.45) is 4.00. The lowest BCUT2D eigenvalue weighted by atomic mass is 10.2. The van der Waals surface area contributed by atoms with E-state index >= 15 is 0 Å². The average molecular weight is 330 g/mol. The van der Waals surface area contributed by atoms with Gasteiger partial charge in [-0.2, -0.15) is 0 Å². The summed E-state index contributed by atoms with van der Waals surface area (Å²) >= 11 is 3.49. The van der Waals surface area contributed by atoms with Crippen LogP contribution in [0.5, 0.6) is 0 Å². The largest absolute Gasteiger partial charge is 0.385 e. The number of halogens is 1. The molecule has 0 saturated carbocycles. The molecule has 1 rings (SSSR count). The van der Waals surface area contributed by atoms with Crippen molar-refractivity contribution in [3.8, 4) is 0 Å². The van der Waals surface area contributed by atoms with Crippen LogP contribution in [0.2, 0.25) is 0 Å². The number of rotatable bonds is 9. The molecule has 1 heterocycles. The summed E-state index contributed by atoms with van der Waals surface area (Å²) in [5.41, 5.74) is 1.22. The van der Waals surface area contributed by atoms with Gasteiger partial charge in [0.25, 0.3) is 0 Å². The molecule has 0 bridgehead atoms. The van der Waals surface area contributed by atoms with Gasteiger partial charge in [-0.25, -0.2) is 4.98 Å². The van der Waals surface area contributed by atoms with Crippen molar-refractivity contribution in [3.05, 3.63) is 22.3 Å². The third-order valence-electron chi connectivity index (χ3n) is 2.86. The van der Waals surface area contributed by atoms with Crippen molar-refractivity contribution in [2.45, 2.75) is 26.3 Å². The van der Waals surface area contributed by atoms with E-state index in [1.165, 1.54) is 5.56 Å². The second-order valence-electron chi connectivity index (χ2n) is 4.58. The monoisotopic (exact) mass is 329 g/mol. The number of hydrogen-bond donors (Lipinski definition) is 1. The summed E-state index contributed by atoms with van der Waals surface area (Å²) in [6, 6.07) is 2.14. The van der Waals surface area contributed by atoms with Crippen LogP contribution in [-0.2, 0) is 11.3 Å². The van der Waals surface area contributed by atoms with Gasteiger partial charge in [-0.1, -0.05) is 6.92 Å². The Morgan fingerprint density at radius 2 is 2.26 bits per heavy atom. The van der Waals surface area contributed by atoms with E-state index in [4.69, 9.17) is 4.74 Å². The maximum absolute atomic E-state index is 5.09. The highest BCUT2D eigenvalue weighted by atomic mass is 79.9. The zero-order chi connectivity index (χ0) is 14.1. The molecule has 0 unspecified atom stereocenters. The van der Waals surface area contributed by atoms with E-state index < -0.39 is 0 Å². The van der Waals surface area contributed by atoms with Gasteiger partial charge in [0, 0.05) is 50.1 Å². The highest BCUT2D eigenvalue weighted by Crippen LogP contribution is 2.20. The zero-order valence-corrected chi connectivity index (χ0v) is 13.7. The summed E-state index contributed by atoms with van der Waals surface area (Å²) in [5.74, 6) is 1.04. The second-order valence-corrected chi connectivity index (χ2v) is 5.50. The van der Waals surface area contributed by atoms with E-state index in [0.29, 0.717) is 0 Å². The molecule has 0 atom stereocenters. The molecule has 0 fully saturated rings. The van der Waals surface area contributed by atoms with Gasteiger partial charge in [0.2, 0.25) is 0 Å². The lowest BCUT2D eigenvalue weighted by Crippen LogP contribution is -2.24. The van der Waals surface area contributed by atoms with Gasteiger partial charge in [-0.15, -0.1) is 0 Å². The van der Waals surface area contributed by atoms with Crippen LogP contribution in [0.25, 0.3) is 0 Å². The molecule has 1 N–H and O–H groups in total. The predicted octanol–water partition coefficient (Wildman–Crippen LogP) is 2.82. The summed E-state index contributed by atoms with van der Waals surface area (Å²) in [6.45, 7) is 5.78. The molecule has 1 aromatic heterocycles. The standard InChI is InChI=1S/C14H24BrN3O/c1-4-6-16-10-12-9-13(15)11-17-14(12)18(2)7-5-8-19-3/h9,11,16H,4-8,10H2,1-3H3. The fourth-order valence-corrected chi connectivity index (χ4v) is 2.28. The fraction of sp³-hybridized carbons (Fsp3) is 0.643. The Morgan fingerprint density at radius 3 is 2.95 bits per heavy atom. The summed E-state index contributed by atoms with van der Waals surface area (Å²) in [4.78, 5) is 6.72. The molecular formula is C14H24BrN3O. The number of nitrogens with zero attached hydrogens (tertiary/aromatic N) is 2. The predicted molar refractivity (Wildman–Crippen MR) is 83.7 cm³/mol. The van der Waals surface area contributed by atoms with Gasteiger partial charge in [0.15, 0.2) is 0 Å². The van der Waals surface area contributed by atoms with Gasteiger partial charge in [-0.05, 0) is 41.4 Å². The van der Waals surface area contributed by atoms with Gasteiger partial charge < -0.3 is 15.0 Å². The molecular weight excluding hydrogens is 306 g/mol. The SMILES string of the molecule is CCCNCc1cc(Br)cnc1N(C)CCCOC.